The summed E-state index contributed by atoms with van der Waals surface area (Å²) in [6.45, 7) is -0.503. The van der Waals surface area contributed by atoms with Crippen LogP contribution in [0.1, 0.15) is 0 Å². The van der Waals surface area contributed by atoms with Crippen molar-refractivity contribution in [2.24, 2.45) is 0 Å². The van der Waals surface area contributed by atoms with Crippen molar-refractivity contribution in [2.75, 3.05) is 13.7 Å². The molecule has 4 N–H and O–H groups in total. The molecule has 7 nitrogen and oxygen atoms in total. The van der Waals surface area contributed by atoms with E-state index in [-0.39, 0.29) is 0 Å². The van der Waals surface area contributed by atoms with Crippen molar-refractivity contribution in [1.29, 1.82) is 0 Å². The molecule has 0 radical (unpaired) electrons. The van der Waals surface area contributed by atoms with E-state index in [1.54, 1.807) is 24.3 Å². The highest BCUT2D eigenvalue weighted by Crippen LogP contribution is 2.30. The van der Waals surface area contributed by atoms with E-state index in [4.69, 9.17) is 19.3 Å². The van der Waals surface area contributed by atoms with E-state index in [0.717, 1.165) is 0 Å². The summed E-state index contributed by atoms with van der Waals surface area (Å²) in [4.78, 5) is 0. The Balaban J connectivity index is 2.15. The van der Waals surface area contributed by atoms with Gasteiger partial charge in [0, 0.05) is 0 Å². The highest BCUT2D eigenvalue weighted by Gasteiger charge is 2.44. The fourth-order valence-electron chi connectivity index (χ4n) is 2.01. The first kappa shape index (κ1) is 15.0. The highest BCUT2D eigenvalue weighted by atomic mass is 16.7. The Labute approximate surface area is 115 Å². The second-order valence-corrected chi connectivity index (χ2v) is 4.47. The van der Waals surface area contributed by atoms with Crippen LogP contribution >= 0.6 is 0 Å². The van der Waals surface area contributed by atoms with Gasteiger partial charge in [0.1, 0.15) is 24.4 Å². The largest absolute Gasteiger partial charge is 0.493 e. The minimum Gasteiger partial charge on any atom is -0.493 e. The molecule has 1 fully saturated rings. The van der Waals surface area contributed by atoms with E-state index >= 15 is 0 Å². The fraction of sp³-hybridized carbons (Fsp3) is 0.538. The van der Waals surface area contributed by atoms with E-state index in [1.165, 1.54) is 7.11 Å². The molecule has 1 aliphatic heterocycles. The predicted octanol–water partition coefficient (Wildman–Crippen LogP) is -1.13. The van der Waals surface area contributed by atoms with E-state index in [9.17, 15) is 15.3 Å². The molecule has 0 aromatic heterocycles. The summed E-state index contributed by atoms with van der Waals surface area (Å²) in [5.74, 6) is 0.754. The second kappa shape index (κ2) is 6.38. The van der Waals surface area contributed by atoms with Crippen molar-refractivity contribution < 1.29 is 34.6 Å². The Morgan fingerprint density at radius 3 is 2.30 bits per heavy atom. The van der Waals surface area contributed by atoms with E-state index in [0.29, 0.717) is 11.5 Å². The number of hydrogen-bond donors (Lipinski definition) is 4. The van der Waals surface area contributed by atoms with Gasteiger partial charge < -0.3 is 34.6 Å². The SMILES string of the molecule is COc1ccccc1O[C@@H]1O[C@@H](CO)[C@H](O)[C@@H](O)[C@@H]1O. The quantitative estimate of drug-likeness (QED) is 0.555. The summed E-state index contributed by atoms with van der Waals surface area (Å²) < 4.78 is 15.8. The molecule has 0 aliphatic carbocycles. The van der Waals surface area contributed by atoms with Crippen LogP contribution in [0.25, 0.3) is 0 Å². The average molecular weight is 286 g/mol. The van der Waals surface area contributed by atoms with Crippen molar-refractivity contribution in [3.05, 3.63) is 24.3 Å². The lowest BCUT2D eigenvalue weighted by Gasteiger charge is -2.39. The third-order valence-electron chi connectivity index (χ3n) is 3.16. The monoisotopic (exact) mass is 286 g/mol. The first-order valence-electron chi connectivity index (χ1n) is 6.18. The van der Waals surface area contributed by atoms with Crippen LogP contribution in [0.3, 0.4) is 0 Å². The molecule has 5 atom stereocenters. The molecule has 2 rings (SSSR count). The molecule has 1 saturated heterocycles. The average Bonchev–Trinajstić information content (AvgIpc) is 2.48. The van der Waals surface area contributed by atoms with E-state index < -0.39 is 37.3 Å². The molecule has 1 aromatic carbocycles. The normalized spacial score (nSPS) is 33.8. The number of aliphatic hydroxyl groups excluding tert-OH is 4. The minimum absolute atomic E-state index is 0.319. The zero-order valence-electron chi connectivity index (χ0n) is 10.9. The lowest BCUT2D eigenvalue weighted by atomic mass is 9.99. The summed E-state index contributed by atoms with van der Waals surface area (Å²) >= 11 is 0. The smallest absolute Gasteiger partial charge is 0.229 e. The topological polar surface area (TPSA) is 109 Å². The number of ether oxygens (including phenoxy) is 3. The highest BCUT2D eigenvalue weighted by molar-refractivity contribution is 5.39. The van der Waals surface area contributed by atoms with Crippen molar-refractivity contribution in [3.63, 3.8) is 0 Å². The molecular formula is C13H18O7. The molecule has 7 heteroatoms. The maximum Gasteiger partial charge on any atom is 0.229 e. The van der Waals surface area contributed by atoms with E-state index in [2.05, 4.69) is 0 Å². The summed E-state index contributed by atoms with van der Waals surface area (Å²) in [7, 11) is 1.47. The van der Waals surface area contributed by atoms with Gasteiger partial charge in [0.05, 0.1) is 13.7 Å². The van der Waals surface area contributed by atoms with Crippen LogP contribution in [0, 0.1) is 0 Å². The van der Waals surface area contributed by atoms with Gasteiger partial charge in [0.2, 0.25) is 6.29 Å². The Bertz CT molecular complexity index is 436. The van der Waals surface area contributed by atoms with Gasteiger partial charge >= 0.3 is 0 Å². The van der Waals surface area contributed by atoms with Crippen molar-refractivity contribution >= 4 is 0 Å². The molecule has 112 valence electrons. The third-order valence-corrected chi connectivity index (χ3v) is 3.16. The van der Waals surface area contributed by atoms with Crippen molar-refractivity contribution in [3.8, 4) is 11.5 Å². The Morgan fingerprint density at radius 1 is 1.05 bits per heavy atom. The zero-order valence-corrected chi connectivity index (χ0v) is 10.9. The Morgan fingerprint density at radius 2 is 1.70 bits per heavy atom. The van der Waals surface area contributed by atoms with E-state index in [1.807, 2.05) is 0 Å². The van der Waals surface area contributed by atoms with Crippen molar-refractivity contribution in [2.45, 2.75) is 30.7 Å². The first-order chi connectivity index (χ1) is 9.58. The summed E-state index contributed by atoms with van der Waals surface area (Å²) in [5.41, 5.74) is 0. The number of rotatable bonds is 4. The first-order valence-corrected chi connectivity index (χ1v) is 6.18. The standard InChI is InChI=1S/C13H18O7/c1-18-7-4-2-3-5-8(7)19-13-12(17)11(16)10(15)9(6-14)20-13/h2-5,9-17H,6H2,1H3/t9-,10-,11+,12-,13+/m0/s1. The second-order valence-electron chi connectivity index (χ2n) is 4.47. The maximum absolute atomic E-state index is 9.86. The van der Waals surface area contributed by atoms with Gasteiger partial charge in [-0.05, 0) is 12.1 Å². The van der Waals surface area contributed by atoms with Crippen molar-refractivity contribution in [1.82, 2.24) is 0 Å². The number of para-hydroxylation sites is 2. The predicted molar refractivity (Wildman–Crippen MR) is 67.4 cm³/mol. The third kappa shape index (κ3) is 2.87. The van der Waals surface area contributed by atoms with Crippen LogP contribution in [0.15, 0.2) is 24.3 Å². The lowest BCUT2D eigenvalue weighted by Crippen LogP contribution is -2.60. The van der Waals surface area contributed by atoms with Gasteiger partial charge in [-0.1, -0.05) is 12.1 Å². The minimum atomic E-state index is -1.47. The summed E-state index contributed by atoms with van der Waals surface area (Å²) in [5, 5.41) is 38.3. The van der Waals surface area contributed by atoms with Crippen LogP contribution in [-0.4, -0.2) is 64.8 Å². The van der Waals surface area contributed by atoms with Gasteiger partial charge in [0.15, 0.2) is 11.5 Å². The molecule has 1 aromatic rings. The fourth-order valence-corrected chi connectivity index (χ4v) is 2.01. The molecule has 20 heavy (non-hydrogen) atoms. The van der Waals surface area contributed by atoms with Crippen LogP contribution in [0.4, 0.5) is 0 Å². The zero-order chi connectivity index (χ0) is 14.7. The van der Waals surface area contributed by atoms with Gasteiger partial charge in [-0.2, -0.15) is 0 Å². The number of benzene rings is 1. The molecule has 1 aliphatic rings. The Kier molecular flexibility index (Phi) is 4.79. The van der Waals surface area contributed by atoms with Crippen LogP contribution in [0.5, 0.6) is 11.5 Å². The molecule has 0 spiro atoms. The maximum atomic E-state index is 9.86. The Hall–Kier alpha value is -1.38. The van der Waals surface area contributed by atoms with Crippen LogP contribution in [0.2, 0.25) is 0 Å². The van der Waals surface area contributed by atoms with Gasteiger partial charge in [-0.15, -0.1) is 0 Å². The summed E-state index contributed by atoms with van der Waals surface area (Å²) in [6, 6.07) is 6.74. The molecule has 0 unspecified atom stereocenters. The van der Waals surface area contributed by atoms with Crippen LogP contribution in [-0.2, 0) is 4.74 Å². The van der Waals surface area contributed by atoms with Gasteiger partial charge in [-0.25, -0.2) is 0 Å². The lowest BCUT2D eigenvalue weighted by molar-refractivity contribution is -0.277. The number of aliphatic hydroxyl groups is 4. The number of hydrogen-bond acceptors (Lipinski definition) is 7. The number of methoxy groups -OCH3 is 1. The molecule has 0 bridgehead atoms. The van der Waals surface area contributed by atoms with Crippen LogP contribution < -0.4 is 9.47 Å². The molecule has 0 amide bonds. The molecule has 0 saturated carbocycles. The molecular weight excluding hydrogens is 268 g/mol. The molecule has 1 heterocycles. The van der Waals surface area contributed by atoms with Gasteiger partial charge in [0.25, 0.3) is 0 Å². The summed E-state index contributed by atoms with van der Waals surface area (Å²) in [6.07, 6.45) is -6.55. The van der Waals surface area contributed by atoms with Gasteiger partial charge in [-0.3, -0.25) is 0 Å².